The maximum Gasteiger partial charge on any atom is 0.243 e. The van der Waals surface area contributed by atoms with E-state index in [0.29, 0.717) is 23.9 Å². The molecule has 0 spiro atoms. The van der Waals surface area contributed by atoms with Gasteiger partial charge in [-0.3, -0.25) is 0 Å². The van der Waals surface area contributed by atoms with E-state index in [1.54, 1.807) is 10.4 Å². The van der Waals surface area contributed by atoms with Gasteiger partial charge in [-0.2, -0.15) is 4.31 Å². The summed E-state index contributed by atoms with van der Waals surface area (Å²) in [4.78, 5) is 0.523. The van der Waals surface area contributed by atoms with Gasteiger partial charge in [0.15, 0.2) is 0 Å². The molecular formula is C13H18N2O2S. The van der Waals surface area contributed by atoms with Gasteiger partial charge in [0, 0.05) is 26.2 Å². The Morgan fingerprint density at radius 1 is 1.11 bits per heavy atom. The van der Waals surface area contributed by atoms with Crippen molar-refractivity contribution in [1.82, 2.24) is 9.62 Å². The number of benzene rings is 1. The molecule has 1 saturated heterocycles. The van der Waals surface area contributed by atoms with E-state index in [0.717, 1.165) is 31.5 Å². The lowest BCUT2D eigenvalue weighted by atomic mass is 10.1. The number of piperazine rings is 1. The van der Waals surface area contributed by atoms with Crippen LogP contribution in [0.3, 0.4) is 0 Å². The van der Waals surface area contributed by atoms with Crippen LogP contribution >= 0.6 is 0 Å². The fraction of sp³-hybridized carbons (Fsp3) is 0.538. The highest BCUT2D eigenvalue weighted by atomic mass is 32.2. The SMILES string of the molecule is O=S(=O)(c1ccccc1C1CC1)N1CCNCC1. The lowest BCUT2D eigenvalue weighted by molar-refractivity contribution is 0.360. The van der Waals surface area contributed by atoms with Gasteiger partial charge in [0.05, 0.1) is 4.90 Å². The van der Waals surface area contributed by atoms with Crippen molar-refractivity contribution in [2.75, 3.05) is 26.2 Å². The summed E-state index contributed by atoms with van der Waals surface area (Å²) in [5.41, 5.74) is 1.01. The molecule has 5 heteroatoms. The quantitative estimate of drug-likeness (QED) is 0.893. The number of nitrogens with one attached hydrogen (secondary N) is 1. The normalized spacial score (nSPS) is 22.0. The minimum atomic E-state index is -3.30. The largest absolute Gasteiger partial charge is 0.314 e. The van der Waals surface area contributed by atoms with Crippen molar-refractivity contribution < 1.29 is 8.42 Å². The van der Waals surface area contributed by atoms with Gasteiger partial charge in [-0.25, -0.2) is 8.42 Å². The molecule has 1 aliphatic carbocycles. The van der Waals surface area contributed by atoms with Crippen LogP contribution in [0.15, 0.2) is 29.2 Å². The summed E-state index contributed by atoms with van der Waals surface area (Å²) in [5, 5.41) is 3.18. The van der Waals surface area contributed by atoms with Gasteiger partial charge in [-0.15, -0.1) is 0 Å². The summed E-state index contributed by atoms with van der Waals surface area (Å²) in [7, 11) is -3.30. The Morgan fingerprint density at radius 3 is 2.44 bits per heavy atom. The molecule has 0 aromatic heterocycles. The van der Waals surface area contributed by atoms with Gasteiger partial charge < -0.3 is 5.32 Å². The molecule has 18 heavy (non-hydrogen) atoms. The first-order valence-electron chi connectivity index (χ1n) is 6.49. The molecule has 1 N–H and O–H groups in total. The Bertz CT molecular complexity index is 532. The van der Waals surface area contributed by atoms with E-state index in [1.807, 2.05) is 18.2 Å². The molecule has 98 valence electrons. The van der Waals surface area contributed by atoms with E-state index in [1.165, 1.54) is 0 Å². The minimum Gasteiger partial charge on any atom is -0.314 e. The zero-order valence-corrected chi connectivity index (χ0v) is 11.1. The van der Waals surface area contributed by atoms with Crippen molar-refractivity contribution in [2.45, 2.75) is 23.7 Å². The highest BCUT2D eigenvalue weighted by Crippen LogP contribution is 2.43. The fourth-order valence-electron chi connectivity index (χ4n) is 2.47. The Hall–Kier alpha value is -0.910. The standard InChI is InChI=1S/C13H18N2O2S/c16-18(17,15-9-7-14-8-10-15)13-4-2-1-3-12(13)11-5-6-11/h1-4,11,14H,5-10H2. The van der Waals surface area contributed by atoms with Gasteiger partial charge in [0.2, 0.25) is 10.0 Å². The van der Waals surface area contributed by atoms with Crippen LogP contribution in [-0.4, -0.2) is 38.9 Å². The Balaban J connectivity index is 1.97. The van der Waals surface area contributed by atoms with Crippen LogP contribution in [0.4, 0.5) is 0 Å². The molecule has 1 aromatic carbocycles. The van der Waals surface area contributed by atoms with Gasteiger partial charge in [-0.05, 0) is 30.4 Å². The van der Waals surface area contributed by atoms with Gasteiger partial charge in [0.25, 0.3) is 0 Å². The zero-order chi connectivity index (χ0) is 12.6. The highest BCUT2D eigenvalue weighted by Gasteiger charge is 2.33. The number of hydrogen-bond donors (Lipinski definition) is 1. The minimum absolute atomic E-state index is 0.457. The molecule has 0 atom stereocenters. The average molecular weight is 266 g/mol. The molecule has 0 bridgehead atoms. The van der Waals surface area contributed by atoms with Crippen LogP contribution in [0.5, 0.6) is 0 Å². The monoisotopic (exact) mass is 266 g/mol. The van der Waals surface area contributed by atoms with E-state index in [-0.39, 0.29) is 0 Å². The van der Waals surface area contributed by atoms with E-state index < -0.39 is 10.0 Å². The molecule has 0 radical (unpaired) electrons. The maximum atomic E-state index is 12.6. The van der Waals surface area contributed by atoms with Crippen molar-refractivity contribution in [3.05, 3.63) is 29.8 Å². The average Bonchev–Trinajstić information content (AvgIpc) is 3.24. The second-order valence-electron chi connectivity index (χ2n) is 4.97. The molecule has 1 heterocycles. The molecule has 4 nitrogen and oxygen atoms in total. The Kier molecular flexibility index (Phi) is 3.13. The molecule has 1 saturated carbocycles. The van der Waals surface area contributed by atoms with Crippen LogP contribution in [-0.2, 0) is 10.0 Å². The number of hydrogen-bond acceptors (Lipinski definition) is 3. The van der Waals surface area contributed by atoms with E-state index >= 15 is 0 Å². The van der Waals surface area contributed by atoms with Crippen LogP contribution < -0.4 is 5.32 Å². The second-order valence-corrected chi connectivity index (χ2v) is 6.87. The third kappa shape index (κ3) is 2.18. The van der Waals surface area contributed by atoms with Crippen LogP contribution in [0.1, 0.15) is 24.3 Å². The lowest BCUT2D eigenvalue weighted by Gasteiger charge is -2.27. The molecule has 0 amide bonds. The first kappa shape index (κ1) is 12.1. The summed E-state index contributed by atoms with van der Waals surface area (Å²) in [6.45, 7) is 2.62. The zero-order valence-electron chi connectivity index (χ0n) is 10.3. The summed E-state index contributed by atoms with van der Waals surface area (Å²) >= 11 is 0. The van der Waals surface area contributed by atoms with Gasteiger partial charge in [0.1, 0.15) is 0 Å². The fourth-order valence-corrected chi connectivity index (χ4v) is 4.20. The summed E-state index contributed by atoms with van der Waals surface area (Å²) in [6, 6.07) is 7.48. The van der Waals surface area contributed by atoms with E-state index in [4.69, 9.17) is 0 Å². The highest BCUT2D eigenvalue weighted by molar-refractivity contribution is 7.89. The van der Waals surface area contributed by atoms with Crippen molar-refractivity contribution in [3.8, 4) is 0 Å². The topological polar surface area (TPSA) is 49.4 Å². The molecule has 1 aliphatic heterocycles. The number of nitrogens with zero attached hydrogens (tertiary/aromatic N) is 1. The smallest absolute Gasteiger partial charge is 0.243 e. The van der Waals surface area contributed by atoms with Crippen molar-refractivity contribution in [2.24, 2.45) is 0 Å². The van der Waals surface area contributed by atoms with Crippen molar-refractivity contribution in [3.63, 3.8) is 0 Å². The first-order chi connectivity index (χ1) is 8.69. The number of rotatable bonds is 3. The maximum absolute atomic E-state index is 12.6. The van der Waals surface area contributed by atoms with E-state index in [9.17, 15) is 8.42 Å². The molecule has 2 fully saturated rings. The predicted molar refractivity (Wildman–Crippen MR) is 70.0 cm³/mol. The molecule has 3 rings (SSSR count). The molecule has 0 unspecified atom stereocenters. The summed E-state index contributed by atoms with van der Waals surface area (Å²) in [6.07, 6.45) is 2.24. The third-order valence-electron chi connectivity index (χ3n) is 3.63. The molecule has 1 aromatic rings. The second kappa shape index (κ2) is 4.64. The molecular weight excluding hydrogens is 248 g/mol. The van der Waals surface area contributed by atoms with Crippen molar-refractivity contribution in [1.29, 1.82) is 0 Å². The van der Waals surface area contributed by atoms with E-state index in [2.05, 4.69) is 5.32 Å². The summed E-state index contributed by atoms with van der Waals surface area (Å²) in [5.74, 6) is 0.457. The lowest BCUT2D eigenvalue weighted by Crippen LogP contribution is -2.46. The van der Waals surface area contributed by atoms with Crippen molar-refractivity contribution >= 4 is 10.0 Å². The Morgan fingerprint density at radius 2 is 1.78 bits per heavy atom. The van der Waals surface area contributed by atoms with Crippen LogP contribution in [0, 0.1) is 0 Å². The van der Waals surface area contributed by atoms with Gasteiger partial charge in [-0.1, -0.05) is 18.2 Å². The van der Waals surface area contributed by atoms with Crippen LogP contribution in [0.25, 0.3) is 0 Å². The van der Waals surface area contributed by atoms with Gasteiger partial charge >= 0.3 is 0 Å². The first-order valence-corrected chi connectivity index (χ1v) is 7.93. The van der Waals surface area contributed by atoms with Crippen LogP contribution in [0.2, 0.25) is 0 Å². The Labute approximate surface area is 108 Å². The third-order valence-corrected chi connectivity index (χ3v) is 5.60. The molecule has 2 aliphatic rings. The number of sulfonamides is 1. The summed E-state index contributed by atoms with van der Waals surface area (Å²) < 4.78 is 26.9. The predicted octanol–water partition coefficient (Wildman–Crippen LogP) is 1.16.